The largest absolute Gasteiger partial charge is 0.368 e. The van der Waals surface area contributed by atoms with Crippen LogP contribution in [0.25, 0.3) is 0 Å². The molecule has 0 aromatic heterocycles. The molecule has 6 heteroatoms. The minimum atomic E-state index is -0.420. The molecule has 0 radical (unpaired) electrons. The minimum Gasteiger partial charge on any atom is -0.368 e. The Balaban J connectivity index is 1.62. The highest BCUT2D eigenvalue weighted by Gasteiger charge is 2.37. The number of primary amides is 1. The van der Waals surface area contributed by atoms with Gasteiger partial charge in [-0.2, -0.15) is 0 Å². The molecule has 0 aromatic rings. The van der Waals surface area contributed by atoms with Crippen molar-refractivity contribution >= 4 is 11.8 Å². The Hall–Kier alpha value is -1.14. The summed E-state index contributed by atoms with van der Waals surface area (Å²) in [6, 6.07) is -0.286. The van der Waals surface area contributed by atoms with Crippen molar-refractivity contribution in [2.24, 2.45) is 23.3 Å². The molecule has 0 unspecified atom stereocenters. The highest BCUT2D eigenvalue weighted by atomic mass is 16.2. The summed E-state index contributed by atoms with van der Waals surface area (Å²) in [5, 5.41) is 3.61. The molecule has 1 aliphatic heterocycles. The van der Waals surface area contributed by atoms with Crippen LogP contribution in [0.3, 0.4) is 0 Å². The molecule has 27 heavy (non-hydrogen) atoms. The quantitative estimate of drug-likeness (QED) is 0.630. The van der Waals surface area contributed by atoms with Crippen LogP contribution in [0, 0.1) is 11.8 Å². The molecule has 154 valence electrons. The maximum atomic E-state index is 13.3. The van der Waals surface area contributed by atoms with E-state index in [1.807, 2.05) is 0 Å². The normalized spacial score (nSPS) is 31.0. The monoisotopic (exact) mass is 378 g/mol. The molecule has 3 rings (SSSR count). The third kappa shape index (κ3) is 5.67. The first-order valence-corrected chi connectivity index (χ1v) is 11.1. The zero-order valence-electron chi connectivity index (χ0n) is 16.7. The predicted octanol–water partition coefficient (Wildman–Crippen LogP) is 1.91. The molecule has 0 spiro atoms. The van der Waals surface area contributed by atoms with Gasteiger partial charge in [-0.1, -0.05) is 19.3 Å². The van der Waals surface area contributed by atoms with Gasteiger partial charge in [-0.25, -0.2) is 0 Å². The lowest BCUT2D eigenvalue weighted by Gasteiger charge is -2.33. The van der Waals surface area contributed by atoms with E-state index in [1.54, 1.807) is 4.90 Å². The van der Waals surface area contributed by atoms with Gasteiger partial charge >= 0.3 is 0 Å². The van der Waals surface area contributed by atoms with Crippen molar-refractivity contribution in [3.63, 3.8) is 0 Å². The summed E-state index contributed by atoms with van der Waals surface area (Å²) in [5.74, 6) is 0.948. The Morgan fingerprint density at radius 1 is 0.926 bits per heavy atom. The summed E-state index contributed by atoms with van der Waals surface area (Å²) < 4.78 is 0. The molecule has 2 atom stereocenters. The lowest BCUT2D eigenvalue weighted by atomic mass is 9.82. The van der Waals surface area contributed by atoms with Crippen LogP contribution in [0.15, 0.2) is 0 Å². The third-order valence-electron chi connectivity index (χ3n) is 7.00. The number of hydrogen-bond donors (Lipinski definition) is 3. The van der Waals surface area contributed by atoms with Crippen molar-refractivity contribution in [3.05, 3.63) is 0 Å². The lowest BCUT2D eigenvalue weighted by molar-refractivity contribution is -0.139. The molecule has 1 heterocycles. The smallest absolute Gasteiger partial charge is 0.240 e. The van der Waals surface area contributed by atoms with Gasteiger partial charge in [0.15, 0.2) is 0 Å². The SMILES string of the molecule is NC(=O)[C@@H]1CCCN1C(=O)[C@@H](CC1CCC(N)CC1)NCC1CCCCC1. The van der Waals surface area contributed by atoms with Crippen LogP contribution in [0.5, 0.6) is 0 Å². The lowest BCUT2D eigenvalue weighted by Crippen LogP contribution is -2.53. The Kier molecular flexibility index (Phi) is 7.53. The Bertz CT molecular complexity index is 498. The van der Waals surface area contributed by atoms with Crippen LogP contribution in [0.2, 0.25) is 0 Å². The standard InChI is InChI=1S/C21H38N4O2/c22-17-10-8-15(9-11-17)13-18(24-14-16-5-2-1-3-6-16)21(27)25-12-4-7-19(25)20(23)26/h15-19,24H,1-14,22H2,(H2,23,26)/t15?,17?,18-,19+/m1/s1. The number of rotatable bonds is 7. The van der Waals surface area contributed by atoms with Gasteiger partial charge in [0.25, 0.3) is 0 Å². The summed E-state index contributed by atoms with van der Waals surface area (Å²) >= 11 is 0. The summed E-state index contributed by atoms with van der Waals surface area (Å²) in [5.41, 5.74) is 11.6. The molecule has 2 amide bonds. The van der Waals surface area contributed by atoms with Gasteiger partial charge in [-0.15, -0.1) is 0 Å². The molecule has 0 bridgehead atoms. The van der Waals surface area contributed by atoms with E-state index < -0.39 is 6.04 Å². The Morgan fingerprint density at radius 3 is 2.30 bits per heavy atom. The van der Waals surface area contributed by atoms with E-state index >= 15 is 0 Å². The van der Waals surface area contributed by atoms with Crippen LogP contribution < -0.4 is 16.8 Å². The van der Waals surface area contributed by atoms with Crippen molar-refractivity contribution in [1.29, 1.82) is 0 Å². The number of nitrogens with zero attached hydrogens (tertiary/aromatic N) is 1. The van der Waals surface area contributed by atoms with Crippen LogP contribution in [0.1, 0.15) is 77.0 Å². The zero-order chi connectivity index (χ0) is 19.2. The van der Waals surface area contributed by atoms with Crippen LogP contribution in [-0.4, -0.2) is 47.9 Å². The van der Waals surface area contributed by atoms with Crippen LogP contribution >= 0.6 is 0 Å². The van der Waals surface area contributed by atoms with Crippen LogP contribution in [-0.2, 0) is 9.59 Å². The van der Waals surface area contributed by atoms with Crippen molar-refractivity contribution in [2.75, 3.05) is 13.1 Å². The number of nitrogens with two attached hydrogens (primary N) is 2. The van der Waals surface area contributed by atoms with E-state index in [2.05, 4.69) is 5.32 Å². The van der Waals surface area contributed by atoms with E-state index in [4.69, 9.17) is 11.5 Å². The number of nitrogens with one attached hydrogen (secondary N) is 1. The molecule has 0 aromatic carbocycles. The number of carbonyl (C=O) groups excluding carboxylic acids is 2. The number of hydrogen-bond acceptors (Lipinski definition) is 4. The fourth-order valence-electron chi connectivity index (χ4n) is 5.26. The first-order chi connectivity index (χ1) is 13.0. The van der Waals surface area contributed by atoms with E-state index in [-0.39, 0.29) is 17.9 Å². The second kappa shape index (κ2) is 9.87. The first-order valence-electron chi connectivity index (χ1n) is 11.1. The van der Waals surface area contributed by atoms with Gasteiger partial charge in [0.1, 0.15) is 6.04 Å². The van der Waals surface area contributed by atoms with Crippen molar-refractivity contribution < 1.29 is 9.59 Å². The average molecular weight is 379 g/mol. The topological polar surface area (TPSA) is 101 Å². The molecule has 1 saturated heterocycles. The minimum absolute atomic E-state index is 0.0852. The molecular weight excluding hydrogens is 340 g/mol. The Morgan fingerprint density at radius 2 is 1.63 bits per heavy atom. The molecule has 3 fully saturated rings. The molecule has 6 nitrogen and oxygen atoms in total. The highest BCUT2D eigenvalue weighted by Crippen LogP contribution is 2.29. The zero-order valence-corrected chi connectivity index (χ0v) is 16.7. The van der Waals surface area contributed by atoms with Gasteiger partial charge in [0.05, 0.1) is 6.04 Å². The van der Waals surface area contributed by atoms with Gasteiger partial charge in [-0.3, -0.25) is 9.59 Å². The number of amides is 2. The molecule has 3 aliphatic rings. The molecule has 2 aliphatic carbocycles. The van der Waals surface area contributed by atoms with Crippen molar-refractivity contribution in [2.45, 2.75) is 95.2 Å². The number of likely N-dealkylation sites (tertiary alicyclic amines) is 1. The van der Waals surface area contributed by atoms with Crippen molar-refractivity contribution in [1.82, 2.24) is 10.2 Å². The number of carbonyl (C=O) groups is 2. The van der Waals surface area contributed by atoms with E-state index in [0.29, 0.717) is 30.8 Å². The van der Waals surface area contributed by atoms with Gasteiger partial charge in [-0.05, 0) is 76.2 Å². The Labute approximate surface area is 163 Å². The third-order valence-corrected chi connectivity index (χ3v) is 7.00. The summed E-state index contributed by atoms with van der Waals surface area (Å²) in [6.07, 6.45) is 13.2. The fourth-order valence-corrected chi connectivity index (χ4v) is 5.26. The molecular formula is C21H38N4O2. The van der Waals surface area contributed by atoms with Crippen LogP contribution in [0.4, 0.5) is 0 Å². The molecule has 5 N–H and O–H groups in total. The van der Waals surface area contributed by atoms with Gasteiger partial charge in [0, 0.05) is 12.6 Å². The molecule has 2 saturated carbocycles. The van der Waals surface area contributed by atoms with E-state index in [9.17, 15) is 9.59 Å². The fraction of sp³-hybridized carbons (Fsp3) is 0.905. The second-order valence-electron chi connectivity index (χ2n) is 9.07. The first kappa shape index (κ1) is 20.6. The maximum absolute atomic E-state index is 13.3. The van der Waals surface area contributed by atoms with Gasteiger partial charge < -0.3 is 21.7 Å². The van der Waals surface area contributed by atoms with Crippen molar-refractivity contribution in [3.8, 4) is 0 Å². The van der Waals surface area contributed by atoms with Gasteiger partial charge in [0.2, 0.25) is 11.8 Å². The second-order valence-corrected chi connectivity index (χ2v) is 9.07. The maximum Gasteiger partial charge on any atom is 0.240 e. The average Bonchev–Trinajstić information content (AvgIpc) is 3.17. The summed E-state index contributed by atoms with van der Waals surface area (Å²) in [4.78, 5) is 26.8. The predicted molar refractivity (Wildman–Crippen MR) is 107 cm³/mol. The summed E-state index contributed by atoms with van der Waals surface area (Å²) in [7, 11) is 0. The van der Waals surface area contributed by atoms with E-state index in [1.165, 1.54) is 32.1 Å². The summed E-state index contributed by atoms with van der Waals surface area (Å²) in [6.45, 7) is 1.57. The highest BCUT2D eigenvalue weighted by molar-refractivity contribution is 5.89. The van der Waals surface area contributed by atoms with E-state index in [0.717, 1.165) is 45.1 Å².